The van der Waals surface area contributed by atoms with E-state index in [1.807, 2.05) is 0 Å². The van der Waals surface area contributed by atoms with Crippen LogP contribution in [-0.2, 0) is 10.4 Å². The van der Waals surface area contributed by atoms with Crippen LogP contribution < -0.4 is 5.73 Å². The van der Waals surface area contributed by atoms with E-state index in [1.54, 1.807) is 0 Å². The third-order valence-corrected chi connectivity index (χ3v) is 2.80. The Morgan fingerprint density at radius 3 is 2.71 bits per heavy atom. The van der Waals surface area contributed by atoms with Gasteiger partial charge in [0.15, 0.2) is 5.67 Å². The normalized spacial score (nSPS) is 14.6. The molecule has 1 aromatic rings. The van der Waals surface area contributed by atoms with Crippen LogP contribution in [0.3, 0.4) is 0 Å². The Kier molecular flexibility index (Phi) is 5.31. The van der Waals surface area contributed by atoms with Crippen molar-refractivity contribution < 1.29 is 13.5 Å². The van der Waals surface area contributed by atoms with Crippen LogP contribution in [0.25, 0.3) is 0 Å². The molecule has 0 spiro atoms. The molecule has 1 aromatic carbocycles. The molecule has 5 heteroatoms. The van der Waals surface area contributed by atoms with Crippen LogP contribution in [0.4, 0.5) is 8.78 Å². The molecular formula is C12H16ClF2NO. The van der Waals surface area contributed by atoms with Crippen molar-refractivity contribution in [1.82, 2.24) is 0 Å². The van der Waals surface area contributed by atoms with Crippen molar-refractivity contribution >= 4 is 11.6 Å². The van der Waals surface area contributed by atoms with E-state index in [1.165, 1.54) is 19.2 Å². The maximum Gasteiger partial charge on any atom is 0.162 e. The Balaban J connectivity index is 3.03. The smallest absolute Gasteiger partial charge is 0.162 e. The lowest BCUT2D eigenvalue weighted by molar-refractivity contribution is 0.0277. The molecule has 0 aliphatic heterocycles. The van der Waals surface area contributed by atoms with E-state index < -0.39 is 11.5 Å². The molecule has 2 N–H and O–H groups in total. The van der Waals surface area contributed by atoms with Gasteiger partial charge in [-0.15, -0.1) is 0 Å². The minimum Gasteiger partial charge on any atom is -0.381 e. The third kappa shape index (κ3) is 3.63. The Labute approximate surface area is 105 Å². The number of ether oxygens (including phenoxy) is 1. The molecule has 0 amide bonds. The average Bonchev–Trinajstić information content (AvgIpc) is 2.26. The van der Waals surface area contributed by atoms with Crippen molar-refractivity contribution in [3.8, 4) is 0 Å². The average molecular weight is 264 g/mol. The van der Waals surface area contributed by atoms with Crippen molar-refractivity contribution in [2.75, 3.05) is 20.3 Å². The van der Waals surface area contributed by atoms with E-state index in [0.29, 0.717) is 13.0 Å². The van der Waals surface area contributed by atoms with E-state index in [-0.39, 0.29) is 23.6 Å². The topological polar surface area (TPSA) is 35.2 Å². The van der Waals surface area contributed by atoms with Gasteiger partial charge in [0.2, 0.25) is 0 Å². The molecule has 96 valence electrons. The third-order valence-electron chi connectivity index (χ3n) is 2.56. The summed E-state index contributed by atoms with van der Waals surface area (Å²) >= 11 is 5.63. The number of halogens is 3. The predicted molar refractivity (Wildman–Crippen MR) is 64.4 cm³/mol. The molecule has 0 aliphatic carbocycles. The van der Waals surface area contributed by atoms with Gasteiger partial charge in [-0.1, -0.05) is 17.7 Å². The lowest BCUT2D eigenvalue weighted by atomic mass is 9.91. The summed E-state index contributed by atoms with van der Waals surface area (Å²) in [6, 6.07) is 3.92. The first-order valence-corrected chi connectivity index (χ1v) is 5.75. The Morgan fingerprint density at radius 2 is 2.18 bits per heavy atom. The van der Waals surface area contributed by atoms with Crippen molar-refractivity contribution in [3.63, 3.8) is 0 Å². The van der Waals surface area contributed by atoms with Gasteiger partial charge in [0.1, 0.15) is 5.82 Å². The quantitative estimate of drug-likeness (QED) is 0.856. The molecule has 0 aromatic heterocycles. The zero-order valence-electron chi connectivity index (χ0n) is 9.68. The van der Waals surface area contributed by atoms with Gasteiger partial charge >= 0.3 is 0 Å². The highest BCUT2D eigenvalue weighted by atomic mass is 35.5. The lowest BCUT2D eigenvalue weighted by Gasteiger charge is -2.25. The summed E-state index contributed by atoms with van der Waals surface area (Å²) < 4.78 is 33.2. The molecule has 0 bridgehead atoms. The fourth-order valence-electron chi connectivity index (χ4n) is 1.75. The molecule has 0 saturated carbocycles. The number of benzene rings is 1. The van der Waals surface area contributed by atoms with Gasteiger partial charge in [0, 0.05) is 17.7 Å². The molecule has 1 unspecified atom stereocenters. The highest BCUT2D eigenvalue weighted by Crippen LogP contribution is 2.34. The Morgan fingerprint density at radius 1 is 1.47 bits per heavy atom. The lowest BCUT2D eigenvalue weighted by Crippen LogP contribution is -2.28. The van der Waals surface area contributed by atoms with Crippen LogP contribution in [0.5, 0.6) is 0 Å². The fourth-order valence-corrected chi connectivity index (χ4v) is 1.91. The Hall–Kier alpha value is -0.710. The van der Waals surface area contributed by atoms with E-state index in [2.05, 4.69) is 0 Å². The molecule has 0 radical (unpaired) electrons. The van der Waals surface area contributed by atoms with Gasteiger partial charge in [-0.2, -0.15) is 0 Å². The van der Waals surface area contributed by atoms with Gasteiger partial charge in [-0.3, -0.25) is 0 Å². The molecule has 0 heterocycles. The van der Waals surface area contributed by atoms with Crippen molar-refractivity contribution in [1.29, 1.82) is 0 Å². The number of hydrogen-bond donors (Lipinski definition) is 1. The summed E-state index contributed by atoms with van der Waals surface area (Å²) in [6.45, 7) is 0.149. The molecule has 1 rings (SSSR count). The van der Waals surface area contributed by atoms with Gasteiger partial charge < -0.3 is 10.5 Å². The first-order chi connectivity index (χ1) is 8.03. The van der Waals surface area contributed by atoms with Crippen LogP contribution in [0.15, 0.2) is 18.2 Å². The van der Waals surface area contributed by atoms with Crippen LogP contribution in [-0.4, -0.2) is 20.3 Å². The zero-order chi connectivity index (χ0) is 12.9. The molecule has 0 fully saturated rings. The summed E-state index contributed by atoms with van der Waals surface area (Å²) in [5.41, 5.74) is 3.46. The summed E-state index contributed by atoms with van der Waals surface area (Å²) in [6.07, 6.45) is 0.581. The van der Waals surface area contributed by atoms with E-state index in [4.69, 9.17) is 22.1 Å². The largest absolute Gasteiger partial charge is 0.381 e. The first kappa shape index (κ1) is 14.4. The number of nitrogens with two attached hydrogens (primary N) is 1. The maximum atomic E-state index is 14.6. The molecule has 0 saturated heterocycles. The van der Waals surface area contributed by atoms with Gasteiger partial charge in [-0.25, -0.2) is 8.78 Å². The molecule has 0 aliphatic rings. The highest BCUT2D eigenvalue weighted by Gasteiger charge is 2.34. The van der Waals surface area contributed by atoms with Crippen LogP contribution in [0.2, 0.25) is 5.02 Å². The summed E-state index contributed by atoms with van der Waals surface area (Å²) in [4.78, 5) is 0. The van der Waals surface area contributed by atoms with Gasteiger partial charge in [-0.05, 0) is 31.5 Å². The highest BCUT2D eigenvalue weighted by molar-refractivity contribution is 6.30. The second-order valence-corrected chi connectivity index (χ2v) is 4.35. The fraction of sp³-hybridized carbons (Fsp3) is 0.500. The summed E-state index contributed by atoms with van der Waals surface area (Å²) in [5.74, 6) is -0.658. The maximum absolute atomic E-state index is 14.6. The molecule has 1 atom stereocenters. The van der Waals surface area contributed by atoms with E-state index in [9.17, 15) is 8.78 Å². The SMILES string of the molecule is COCC(F)(CCCN)c1ccc(Cl)cc1F. The van der Waals surface area contributed by atoms with Crippen LogP contribution >= 0.6 is 11.6 Å². The minimum atomic E-state index is -1.86. The van der Waals surface area contributed by atoms with Gasteiger partial charge in [0.05, 0.1) is 6.61 Å². The Bertz CT molecular complexity index is 376. The number of rotatable bonds is 6. The van der Waals surface area contributed by atoms with Crippen LogP contribution in [0, 0.1) is 5.82 Å². The van der Waals surface area contributed by atoms with Crippen molar-refractivity contribution in [2.45, 2.75) is 18.5 Å². The molecule has 2 nitrogen and oxygen atoms in total. The monoisotopic (exact) mass is 263 g/mol. The second kappa shape index (κ2) is 6.28. The summed E-state index contributed by atoms with van der Waals surface area (Å²) in [7, 11) is 1.38. The molecular weight excluding hydrogens is 248 g/mol. The second-order valence-electron chi connectivity index (χ2n) is 3.91. The number of methoxy groups -OCH3 is 1. The standard InChI is InChI=1S/C12H16ClF2NO/c1-17-8-12(15,5-2-6-16)10-4-3-9(13)7-11(10)14/h3-4,7H,2,5-6,8,16H2,1H3. The van der Waals surface area contributed by atoms with Crippen molar-refractivity contribution in [3.05, 3.63) is 34.6 Å². The number of alkyl halides is 1. The summed E-state index contributed by atoms with van der Waals surface area (Å²) in [5, 5.41) is 0.241. The van der Waals surface area contributed by atoms with E-state index >= 15 is 0 Å². The van der Waals surface area contributed by atoms with Crippen LogP contribution in [0.1, 0.15) is 18.4 Å². The minimum absolute atomic E-state index is 0.0304. The first-order valence-electron chi connectivity index (χ1n) is 5.37. The zero-order valence-corrected chi connectivity index (χ0v) is 10.4. The number of hydrogen-bond acceptors (Lipinski definition) is 2. The molecule has 17 heavy (non-hydrogen) atoms. The predicted octanol–water partition coefficient (Wildman–Crippen LogP) is 3.03. The van der Waals surface area contributed by atoms with E-state index in [0.717, 1.165) is 6.07 Å². The van der Waals surface area contributed by atoms with Gasteiger partial charge in [0.25, 0.3) is 0 Å². The van der Waals surface area contributed by atoms with Crippen molar-refractivity contribution in [2.24, 2.45) is 5.73 Å².